The highest BCUT2D eigenvalue weighted by atomic mass is 79.9. The first kappa shape index (κ1) is 12.0. The van der Waals surface area contributed by atoms with Gasteiger partial charge >= 0.3 is 11.9 Å². The molecule has 0 amide bonds. The summed E-state index contributed by atoms with van der Waals surface area (Å²) in [5.74, 6) is -5.30. The van der Waals surface area contributed by atoms with E-state index in [2.05, 4.69) is 25.7 Å². The molecule has 0 aliphatic heterocycles. The van der Waals surface area contributed by atoms with E-state index in [1.807, 2.05) is 0 Å². The van der Waals surface area contributed by atoms with Crippen molar-refractivity contribution < 1.29 is 18.3 Å². The summed E-state index contributed by atoms with van der Waals surface area (Å²) in [7, 11) is 0. The largest absolute Gasteiger partial charge is 0.461 e. The molecule has 0 saturated carbocycles. The fourth-order valence-corrected chi connectivity index (χ4v) is 1.24. The maximum absolute atomic E-state index is 13.4. The summed E-state index contributed by atoms with van der Waals surface area (Å²) in [5, 5.41) is 0. The van der Waals surface area contributed by atoms with Gasteiger partial charge in [-0.05, 0) is 19.1 Å². The fourth-order valence-electron chi connectivity index (χ4n) is 0.903. The minimum atomic E-state index is -3.71. The number of rotatable bonds is 3. The van der Waals surface area contributed by atoms with E-state index in [-0.39, 0.29) is 6.61 Å². The van der Waals surface area contributed by atoms with Gasteiger partial charge in [0.15, 0.2) is 0 Å². The van der Waals surface area contributed by atoms with Crippen LogP contribution in [0.3, 0.4) is 0 Å². The predicted molar refractivity (Wildman–Crippen MR) is 52.5 cm³/mol. The molecule has 82 valence electrons. The van der Waals surface area contributed by atoms with E-state index < -0.39 is 17.6 Å². The topological polar surface area (TPSA) is 39.2 Å². The van der Waals surface area contributed by atoms with Crippen LogP contribution in [-0.4, -0.2) is 17.6 Å². The second-order valence-corrected chi connectivity index (χ2v) is 3.57. The smallest absolute Gasteiger partial charge is 0.384 e. The Hall–Kier alpha value is -1.04. The summed E-state index contributed by atoms with van der Waals surface area (Å²) < 4.78 is 31.4. The van der Waals surface area contributed by atoms with Gasteiger partial charge in [0.1, 0.15) is 5.69 Å². The molecule has 0 fully saturated rings. The molecule has 0 aliphatic carbocycles. The number of ether oxygens (including phenoxy) is 1. The van der Waals surface area contributed by atoms with Gasteiger partial charge in [-0.3, -0.25) is 4.98 Å². The Labute approximate surface area is 93.6 Å². The lowest BCUT2D eigenvalue weighted by Gasteiger charge is -2.13. The molecule has 1 heterocycles. The summed E-state index contributed by atoms with van der Waals surface area (Å²) >= 11 is 3.02. The Kier molecular flexibility index (Phi) is 3.73. The third kappa shape index (κ3) is 2.71. The van der Waals surface area contributed by atoms with Crippen molar-refractivity contribution in [3.05, 3.63) is 28.5 Å². The van der Waals surface area contributed by atoms with Crippen molar-refractivity contribution in [2.75, 3.05) is 6.61 Å². The van der Waals surface area contributed by atoms with Gasteiger partial charge in [0.2, 0.25) is 0 Å². The minimum Gasteiger partial charge on any atom is -0.461 e. The summed E-state index contributed by atoms with van der Waals surface area (Å²) in [6, 6.07) is 2.57. The molecule has 15 heavy (non-hydrogen) atoms. The van der Waals surface area contributed by atoms with Crippen LogP contribution in [0.5, 0.6) is 0 Å². The van der Waals surface area contributed by atoms with E-state index in [9.17, 15) is 13.6 Å². The van der Waals surface area contributed by atoms with E-state index in [1.54, 1.807) is 0 Å². The number of pyridine rings is 1. The van der Waals surface area contributed by atoms with Gasteiger partial charge in [0.25, 0.3) is 0 Å². The summed E-state index contributed by atoms with van der Waals surface area (Å²) in [4.78, 5) is 14.4. The van der Waals surface area contributed by atoms with Gasteiger partial charge in [-0.2, -0.15) is 8.78 Å². The van der Waals surface area contributed by atoms with Crippen LogP contribution in [0.2, 0.25) is 0 Å². The highest BCUT2D eigenvalue weighted by Gasteiger charge is 2.44. The first-order valence-electron chi connectivity index (χ1n) is 4.15. The first-order chi connectivity index (χ1) is 6.98. The van der Waals surface area contributed by atoms with E-state index >= 15 is 0 Å². The number of carbonyl (C=O) groups is 1. The van der Waals surface area contributed by atoms with Crippen molar-refractivity contribution in [2.45, 2.75) is 12.8 Å². The Morgan fingerprint density at radius 2 is 2.33 bits per heavy atom. The summed E-state index contributed by atoms with van der Waals surface area (Å²) in [5.41, 5.74) is -0.629. The Morgan fingerprint density at radius 3 is 2.87 bits per heavy atom. The number of esters is 1. The van der Waals surface area contributed by atoms with Crippen molar-refractivity contribution >= 4 is 21.9 Å². The average molecular weight is 280 g/mol. The first-order valence-corrected chi connectivity index (χ1v) is 4.95. The molecule has 0 unspecified atom stereocenters. The molecule has 0 N–H and O–H groups in total. The molecule has 0 bridgehead atoms. The van der Waals surface area contributed by atoms with Crippen LogP contribution < -0.4 is 0 Å². The maximum Gasteiger partial charge on any atom is 0.384 e. The molecule has 0 aromatic carbocycles. The lowest BCUT2D eigenvalue weighted by molar-refractivity contribution is -0.173. The zero-order valence-corrected chi connectivity index (χ0v) is 9.42. The van der Waals surface area contributed by atoms with Crippen LogP contribution in [0.15, 0.2) is 22.8 Å². The van der Waals surface area contributed by atoms with Crippen LogP contribution in [-0.2, 0) is 15.5 Å². The average Bonchev–Trinajstić information content (AvgIpc) is 2.18. The predicted octanol–water partition coefficient (Wildman–Crippen LogP) is 2.50. The zero-order chi connectivity index (χ0) is 11.5. The monoisotopic (exact) mass is 279 g/mol. The van der Waals surface area contributed by atoms with Crippen molar-refractivity contribution in [3.63, 3.8) is 0 Å². The zero-order valence-electron chi connectivity index (χ0n) is 7.84. The molecular formula is C9H8BrF2NO2. The standard InChI is InChI=1S/C9H8BrF2NO2/c1-2-15-8(14)9(11,12)7-5-6(10)3-4-13-7/h3-5H,2H2,1H3. The van der Waals surface area contributed by atoms with Gasteiger partial charge in [-0.25, -0.2) is 4.79 Å². The van der Waals surface area contributed by atoms with Gasteiger partial charge in [-0.15, -0.1) is 0 Å². The lowest BCUT2D eigenvalue weighted by Crippen LogP contribution is -2.29. The highest BCUT2D eigenvalue weighted by Crippen LogP contribution is 2.29. The quantitative estimate of drug-likeness (QED) is 0.798. The Bertz CT molecular complexity index is 371. The number of hydrogen-bond donors (Lipinski definition) is 0. The van der Waals surface area contributed by atoms with Gasteiger partial charge in [-0.1, -0.05) is 15.9 Å². The molecule has 0 spiro atoms. The second kappa shape index (κ2) is 4.65. The highest BCUT2D eigenvalue weighted by molar-refractivity contribution is 9.10. The number of aromatic nitrogens is 1. The number of nitrogens with zero attached hydrogens (tertiary/aromatic N) is 1. The van der Waals surface area contributed by atoms with Crippen molar-refractivity contribution in [2.24, 2.45) is 0 Å². The SMILES string of the molecule is CCOC(=O)C(F)(F)c1cc(Br)ccn1. The van der Waals surface area contributed by atoms with Crippen molar-refractivity contribution in [1.29, 1.82) is 0 Å². The third-order valence-electron chi connectivity index (χ3n) is 1.58. The normalized spacial score (nSPS) is 11.2. The number of halogens is 3. The van der Waals surface area contributed by atoms with Crippen LogP contribution in [0, 0.1) is 0 Å². The molecule has 6 heteroatoms. The second-order valence-electron chi connectivity index (χ2n) is 2.65. The van der Waals surface area contributed by atoms with E-state index in [1.165, 1.54) is 19.2 Å². The molecule has 0 radical (unpaired) electrons. The molecule has 3 nitrogen and oxygen atoms in total. The van der Waals surface area contributed by atoms with Crippen LogP contribution in [0.1, 0.15) is 12.6 Å². The summed E-state index contributed by atoms with van der Waals surface area (Å²) in [6.07, 6.45) is 1.19. The Balaban J connectivity index is 2.99. The van der Waals surface area contributed by atoms with E-state index in [0.717, 1.165) is 6.07 Å². The number of carbonyl (C=O) groups excluding carboxylic acids is 1. The lowest BCUT2D eigenvalue weighted by atomic mass is 10.2. The molecule has 1 aromatic rings. The summed E-state index contributed by atoms with van der Waals surface area (Å²) in [6.45, 7) is 1.37. The molecular weight excluding hydrogens is 272 g/mol. The molecule has 0 saturated heterocycles. The van der Waals surface area contributed by atoms with Crippen LogP contribution >= 0.6 is 15.9 Å². The van der Waals surface area contributed by atoms with Crippen LogP contribution in [0.4, 0.5) is 8.78 Å². The third-order valence-corrected chi connectivity index (χ3v) is 2.07. The van der Waals surface area contributed by atoms with Crippen molar-refractivity contribution in [3.8, 4) is 0 Å². The molecule has 1 rings (SSSR count). The van der Waals surface area contributed by atoms with Gasteiger partial charge in [0, 0.05) is 10.7 Å². The van der Waals surface area contributed by atoms with Crippen molar-refractivity contribution in [1.82, 2.24) is 4.98 Å². The number of alkyl halides is 2. The van der Waals surface area contributed by atoms with Gasteiger partial charge < -0.3 is 4.74 Å². The molecule has 0 aliphatic rings. The Morgan fingerprint density at radius 1 is 1.67 bits per heavy atom. The molecule has 0 atom stereocenters. The minimum absolute atomic E-state index is 0.0948. The van der Waals surface area contributed by atoms with Gasteiger partial charge in [0.05, 0.1) is 6.61 Å². The fraction of sp³-hybridized carbons (Fsp3) is 0.333. The van der Waals surface area contributed by atoms with Crippen LogP contribution in [0.25, 0.3) is 0 Å². The molecule has 1 aromatic heterocycles. The van der Waals surface area contributed by atoms with E-state index in [0.29, 0.717) is 4.47 Å². The van der Waals surface area contributed by atoms with E-state index in [4.69, 9.17) is 0 Å². The maximum atomic E-state index is 13.4. The number of hydrogen-bond acceptors (Lipinski definition) is 3.